The van der Waals surface area contributed by atoms with Crippen molar-refractivity contribution in [2.45, 2.75) is 38.5 Å². The van der Waals surface area contributed by atoms with Gasteiger partial charge in [0.05, 0.1) is 0 Å². The second-order valence-electron chi connectivity index (χ2n) is 3.92. The molecule has 1 heteroatoms. The van der Waals surface area contributed by atoms with Crippen LogP contribution >= 0.6 is 0 Å². The molecule has 11 heavy (non-hydrogen) atoms. The Kier molecular flexibility index (Phi) is 2.25. The lowest BCUT2D eigenvalue weighted by atomic mass is 9.85. The van der Waals surface area contributed by atoms with Crippen LogP contribution in [0.3, 0.4) is 0 Å². The highest BCUT2D eigenvalue weighted by Gasteiger charge is 2.24. The Bertz CT molecular complexity index is 145. The third-order valence-corrected chi connectivity index (χ3v) is 3.23. The molecule has 1 nitrogen and oxygen atoms in total. The van der Waals surface area contributed by atoms with Crippen molar-refractivity contribution >= 4 is 6.21 Å². The predicted octanol–water partition coefficient (Wildman–Crippen LogP) is 2.66. The summed E-state index contributed by atoms with van der Waals surface area (Å²) in [7, 11) is 0. The van der Waals surface area contributed by atoms with Crippen LogP contribution in [-0.4, -0.2) is 12.8 Å². The van der Waals surface area contributed by atoms with Crippen LogP contribution in [0, 0.1) is 11.8 Å². The molecule has 0 aromatic rings. The first kappa shape index (κ1) is 7.33. The molecule has 1 aliphatic heterocycles. The van der Waals surface area contributed by atoms with E-state index in [1.807, 2.05) is 0 Å². The van der Waals surface area contributed by atoms with Crippen molar-refractivity contribution in [2.75, 3.05) is 6.54 Å². The van der Waals surface area contributed by atoms with Crippen molar-refractivity contribution in [3.8, 4) is 0 Å². The number of hydrogen-bond donors (Lipinski definition) is 0. The van der Waals surface area contributed by atoms with Crippen LogP contribution in [0.4, 0.5) is 0 Å². The summed E-state index contributed by atoms with van der Waals surface area (Å²) in [5.41, 5.74) is 0. The second-order valence-corrected chi connectivity index (χ2v) is 3.92. The molecule has 0 bridgehead atoms. The van der Waals surface area contributed by atoms with Gasteiger partial charge in [-0.1, -0.05) is 25.7 Å². The van der Waals surface area contributed by atoms with E-state index in [9.17, 15) is 0 Å². The Hall–Kier alpha value is -0.330. The molecule has 1 unspecified atom stereocenters. The zero-order valence-corrected chi connectivity index (χ0v) is 7.13. The molecule has 62 valence electrons. The van der Waals surface area contributed by atoms with Gasteiger partial charge in [-0.25, -0.2) is 0 Å². The SMILES string of the molecule is C1=NCCC(C2CCCC2)C1. The van der Waals surface area contributed by atoms with E-state index in [2.05, 4.69) is 11.2 Å². The van der Waals surface area contributed by atoms with Crippen LogP contribution in [0.5, 0.6) is 0 Å². The largest absolute Gasteiger partial charge is 0.298 e. The molecular weight excluding hydrogens is 134 g/mol. The standard InChI is InChI=1S/C10H17N/c1-2-4-9(3-1)10-5-7-11-8-6-10/h7,9-10H,1-6,8H2. The quantitative estimate of drug-likeness (QED) is 0.546. The predicted molar refractivity (Wildman–Crippen MR) is 48.0 cm³/mol. The number of nitrogens with zero attached hydrogens (tertiary/aromatic N) is 1. The molecule has 0 saturated heterocycles. The first-order chi connectivity index (χ1) is 5.47. The molecule has 1 saturated carbocycles. The highest BCUT2D eigenvalue weighted by atomic mass is 14.7. The van der Waals surface area contributed by atoms with E-state index in [0.29, 0.717) is 0 Å². The highest BCUT2D eigenvalue weighted by molar-refractivity contribution is 5.58. The van der Waals surface area contributed by atoms with Crippen molar-refractivity contribution < 1.29 is 0 Å². The van der Waals surface area contributed by atoms with Gasteiger partial charge in [-0.05, 0) is 30.9 Å². The maximum Gasteiger partial charge on any atom is 0.0388 e. The first-order valence-corrected chi connectivity index (χ1v) is 4.95. The number of hydrogen-bond acceptors (Lipinski definition) is 1. The summed E-state index contributed by atoms with van der Waals surface area (Å²) >= 11 is 0. The van der Waals surface area contributed by atoms with Crippen LogP contribution in [-0.2, 0) is 0 Å². The van der Waals surface area contributed by atoms with Crippen molar-refractivity contribution in [1.29, 1.82) is 0 Å². The van der Waals surface area contributed by atoms with Crippen molar-refractivity contribution in [3.05, 3.63) is 0 Å². The Morgan fingerprint density at radius 2 is 1.82 bits per heavy atom. The van der Waals surface area contributed by atoms with Gasteiger partial charge in [-0.3, -0.25) is 4.99 Å². The minimum absolute atomic E-state index is 0.995. The topological polar surface area (TPSA) is 12.4 Å². The molecular formula is C10H17N. The minimum Gasteiger partial charge on any atom is -0.298 e. The van der Waals surface area contributed by atoms with Gasteiger partial charge in [-0.15, -0.1) is 0 Å². The lowest BCUT2D eigenvalue weighted by molar-refractivity contribution is 0.327. The molecule has 0 amide bonds. The molecule has 1 fully saturated rings. The summed E-state index contributed by atoms with van der Waals surface area (Å²) in [6.45, 7) is 1.10. The lowest BCUT2D eigenvalue weighted by Crippen LogP contribution is -2.16. The molecule has 0 spiro atoms. The zero-order chi connectivity index (χ0) is 7.52. The van der Waals surface area contributed by atoms with Crippen LogP contribution in [0.15, 0.2) is 4.99 Å². The maximum absolute atomic E-state index is 4.27. The van der Waals surface area contributed by atoms with Gasteiger partial charge < -0.3 is 0 Å². The van der Waals surface area contributed by atoms with E-state index in [-0.39, 0.29) is 0 Å². The van der Waals surface area contributed by atoms with Crippen LogP contribution < -0.4 is 0 Å². The summed E-state index contributed by atoms with van der Waals surface area (Å²) < 4.78 is 0. The minimum atomic E-state index is 0.995. The van der Waals surface area contributed by atoms with E-state index < -0.39 is 0 Å². The van der Waals surface area contributed by atoms with Crippen LogP contribution in [0.25, 0.3) is 0 Å². The fourth-order valence-electron chi connectivity index (χ4n) is 2.52. The molecule has 0 aromatic heterocycles. The average molecular weight is 151 g/mol. The highest BCUT2D eigenvalue weighted by Crippen LogP contribution is 2.35. The van der Waals surface area contributed by atoms with Gasteiger partial charge in [0, 0.05) is 6.54 Å². The van der Waals surface area contributed by atoms with E-state index >= 15 is 0 Å². The molecule has 1 aliphatic carbocycles. The van der Waals surface area contributed by atoms with Crippen molar-refractivity contribution in [1.82, 2.24) is 0 Å². The van der Waals surface area contributed by atoms with Gasteiger partial charge in [0.25, 0.3) is 0 Å². The molecule has 2 aliphatic rings. The van der Waals surface area contributed by atoms with Gasteiger partial charge in [-0.2, -0.15) is 0 Å². The molecule has 2 rings (SSSR count). The summed E-state index contributed by atoms with van der Waals surface area (Å²) in [6, 6.07) is 0. The molecule has 0 radical (unpaired) electrons. The Morgan fingerprint density at radius 1 is 1.00 bits per heavy atom. The zero-order valence-electron chi connectivity index (χ0n) is 7.13. The van der Waals surface area contributed by atoms with E-state index in [4.69, 9.17) is 0 Å². The van der Waals surface area contributed by atoms with E-state index in [1.165, 1.54) is 38.5 Å². The second kappa shape index (κ2) is 3.38. The smallest absolute Gasteiger partial charge is 0.0388 e. The molecule has 0 aromatic carbocycles. The van der Waals surface area contributed by atoms with Gasteiger partial charge in [0.1, 0.15) is 0 Å². The monoisotopic (exact) mass is 151 g/mol. The Morgan fingerprint density at radius 3 is 2.45 bits per heavy atom. The third kappa shape index (κ3) is 1.63. The normalized spacial score (nSPS) is 32.9. The fraction of sp³-hybridized carbons (Fsp3) is 0.900. The summed E-state index contributed by atoms with van der Waals surface area (Å²) in [4.78, 5) is 4.27. The lowest BCUT2D eigenvalue weighted by Gasteiger charge is -2.23. The Balaban J connectivity index is 1.88. The van der Waals surface area contributed by atoms with Crippen LogP contribution in [0.1, 0.15) is 38.5 Å². The molecule has 1 heterocycles. The molecule has 1 atom stereocenters. The van der Waals surface area contributed by atoms with Gasteiger partial charge in [0.15, 0.2) is 0 Å². The average Bonchev–Trinajstić information content (AvgIpc) is 2.58. The third-order valence-electron chi connectivity index (χ3n) is 3.23. The molecule has 0 N–H and O–H groups in total. The van der Waals surface area contributed by atoms with Crippen LogP contribution in [0.2, 0.25) is 0 Å². The van der Waals surface area contributed by atoms with Crippen molar-refractivity contribution in [3.63, 3.8) is 0 Å². The van der Waals surface area contributed by atoms with E-state index in [1.54, 1.807) is 0 Å². The fourth-order valence-corrected chi connectivity index (χ4v) is 2.52. The summed E-state index contributed by atoms with van der Waals surface area (Å²) in [6.07, 6.45) is 10.7. The summed E-state index contributed by atoms with van der Waals surface area (Å²) in [5.74, 6) is 2.05. The van der Waals surface area contributed by atoms with E-state index in [0.717, 1.165) is 18.4 Å². The summed E-state index contributed by atoms with van der Waals surface area (Å²) in [5, 5.41) is 0. The Labute approximate surface area is 68.9 Å². The number of rotatable bonds is 1. The van der Waals surface area contributed by atoms with Gasteiger partial charge >= 0.3 is 0 Å². The number of aliphatic imine (C=N–C) groups is 1. The maximum atomic E-state index is 4.27. The van der Waals surface area contributed by atoms with Gasteiger partial charge in [0.2, 0.25) is 0 Å². The van der Waals surface area contributed by atoms with Crippen molar-refractivity contribution in [2.24, 2.45) is 16.8 Å². The first-order valence-electron chi connectivity index (χ1n) is 4.95.